The summed E-state index contributed by atoms with van der Waals surface area (Å²) in [6.07, 6.45) is 2.85. The van der Waals surface area contributed by atoms with Crippen molar-refractivity contribution in [2.75, 3.05) is 13.7 Å². The number of carbonyl (C=O) groups excluding carboxylic acids is 1. The van der Waals surface area contributed by atoms with Crippen molar-refractivity contribution in [1.82, 2.24) is 14.5 Å². The van der Waals surface area contributed by atoms with Crippen molar-refractivity contribution >= 4 is 27.7 Å². The first kappa shape index (κ1) is 16.0. The Kier molecular flexibility index (Phi) is 3.67. The Morgan fingerprint density at radius 2 is 2.07 bits per heavy atom. The van der Waals surface area contributed by atoms with Gasteiger partial charge in [0.2, 0.25) is 5.91 Å². The Labute approximate surface area is 157 Å². The SMILES string of the molecule is COc1ccc2[nH]c3c(c2c1)CN(C(=O)Cn1ccc2ccccc21)CC3. The molecule has 4 aromatic rings. The van der Waals surface area contributed by atoms with Crippen LogP contribution in [-0.4, -0.2) is 34.0 Å². The Morgan fingerprint density at radius 1 is 1.19 bits per heavy atom. The number of nitrogens with zero attached hydrogens (tertiary/aromatic N) is 2. The summed E-state index contributed by atoms with van der Waals surface area (Å²) in [5.41, 5.74) is 4.64. The first-order valence-electron chi connectivity index (χ1n) is 9.22. The van der Waals surface area contributed by atoms with Gasteiger partial charge in [0.15, 0.2) is 0 Å². The van der Waals surface area contributed by atoms with Gasteiger partial charge in [-0.2, -0.15) is 0 Å². The lowest BCUT2D eigenvalue weighted by atomic mass is 10.0. The molecule has 0 bridgehead atoms. The third-order valence-electron chi connectivity index (χ3n) is 5.52. The van der Waals surface area contributed by atoms with E-state index in [0.29, 0.717) is 13.1 Å². The number of amides is 1. The summed E-state index contributed by atoms with van der Waals surface area (Å²) in [6, 6.07) is 16.3. The molecule has 5 rings (SSSR count). The summed E-state index contributed by atoms with van der Waals surface area (Å²) in [4.78, 5) is 18.4. The van der Waals surface area contributed by atoms with E-state index in [-0.39, 0.29) is 5.91 Å². The smallest absolute Gasteiger partial charge is 0.242 e. The number of aromatic amines is 1. The summed E-state index contributed by atoms with van der Waals surface area (Å²) in [6.45, 7) is 1.75. The first-order valence-corrected chi connectivity index (χ1v) is 9.22. The summed E-state index contributed by atoms with van der Waals surface area (Å²) in [5, 5.41) is 2.31. The van der Waals surface area contributed by atoms with Crippen molar-refractivity contribution in [2.24, 2.45) is 0 Å². The maximum atomic E-state index is 13.0. The van der Waals surface area contributed by atoms with Crippen LogP contribution in [0.4, 0.5) is 0 Å². The molecule has 3 heterocycles. The van der Waals surface area contributed by atoms with Crippen LogP contribution in [0.3, 0.4) is 0 Å². The van der Waals surface area contributed by atoms with Gasteiger partial charge in [0.25, 0.3) is 0 Å². The highest BCUT2D eigenvalue weighted by molar-refractivity contribution is 5.88. The van der Waals surface area contributed by atoms with Gasteiger partial charge in [0.1, 0.15) is 12.3 Å². The molecule has 0 saturated heterocycles. The van der Waals surface area contributed by atoms with Gasteiger partial charge in [-0.05, 0) is 35.7 Å². The Hall–Kier alpha value is -3.21. The van der Waals surface area contributed by atoms with E-state index in [1.54, 1.807) is 7.11 Å². The quantitative estimate of drug-likeness (QED) is 0.606. The van der Waals surface area contributed by atoms with E-state index < -0.39 is 0 Å². The number of hydrogen-bond acceptors (Lipinski definition) is 2. The van der Waals surface area contributed by atoms with E-state index >= 15 is 0 Å². The Bertz CT molecular complexity index is 1160. The van der Waals surface area contributed by atoms with E-state index in [1.807, 2.05) is 39.9 Å². The minimum atomic E-state index is 0.152. The average molecular weight is 359 g/mol. The molecule has 136 valence electrons. The molecule has 0 aliphatic carbocycles. The molecule has 2 aromatic carbocycles. The lowest BCUT2D eigenvalue weighted by Crippen LogP contribution is -2.37. The van der Waals surface area contributed by atoms with Crippen molar-refractivity contribution in [3.05, 3.63) is 66.0 Å². The van der Waals surface area contributed by atoms with Crippen LogP contribution in [-0.2, 0) is 24.3 Å². The molecule has 1 aliphatic rings. The maximum absolute atomic E-state index is 13.0. The second-order valence-electron chi connectivity index (χ2n) is 7.06. The second-order valence-corrected chi connectivity index (χ2v) is 7.06. The van der Waals surface area contributed by atoms with E-state index in [4.69, 9.17) is 4.74 Å². The van der Waals surface area contributed by atoms with Gasteiger partial charge in [0, 0.05) is 53.4 Å². The largest absolute Gasteiger partial charge is 0.497 e. The third-order valence-corrected chi connectivity index (χ3v) is 5.52. The van der Waals surface area contributed by atoms with Crippen molar-refractivity contribution in [1.29, 1.82) is 0 Å². The number of H-pyrrole nitrogens is 1. The predicted octanol–water partition coefficient (Wildman–Crippen LogP) is 3.72. The number of hydrogen-bond donors (Lipinski definition) is 1. The summed E-state index contributed by atoms with van der Waals surface area (Å²) < 4.78 is 7.40. The minimum Gasteiger partial charge on any atom is -0.497 e. The van der Waals surface area contributed by atoms with Gasteiger partial charge < -0.3 is 19.2 Å². The number of methoxy groups -OCH3 is 1. The van der Waals surface area contributed by atoms with Gasteiger partial charge in [-0.25, -0.2) is 0 Å². The number of ether oxygens (including phenoxy) is 1. The molecule has 0 unspecified atom stereocenters. The molecule has 2 aromatic heterocycles. The van der Waals surface area contributed by atoms with Crippen LogP contribution < -0.4 is 4.74 Å². The maximum Gasteiger partial charge on any atom is 0.242 e. The minimum absolute atomic E-state index is 0.152. The lowest BCUT2D eigenvalue weighted by molar-refractivity contribution is -0.132. The van der Waals surface area contributed by atoms with E-state index in [1.165, 1.54) is 11.3 Å². The van der Waals surface area contributed by atoms with Crippen LogP contribution in [0.5, 0.6) is 5.75 Å². The molecular formula is C22H21N3O2. The van der Waals surface area contributed by atoms with E-state index in [2.05, 4.69) is 29.2 Å². The van der Waals surface area contributed by atoms with Gasteiger partial charge >= 0.3 is 0 Å². The number of rotatable bonds is 3. The van der Waals surface area contributed by atoms with Crippen LogP contribution in [0.15, 0.2) is 54.7 Å². The van der Waals surface area contributed by atoms with Gasteiger partial charge in [-0.3, -0.25) is 4.79 Å². The van der Waals surface area contributed by atoms with Crippen molar-refractivity contribution in [3.63, 3.8) is 0 Å². The molecule has 5 heteroatoms. The van der Waals surface area contributed by atoms with Gasteiger partial charge in [-0.15, -0.1) is 0 Å². The van der Waals surface area contributed by atoms with Crippen molar-refractivity contribution in [3.8, 4) is 5.75 Å². The number of fused-ring (bicyclic) bond motifs is 4. The number of nitrogens with one attached hydrogen (secondary N) is 1. The van der Waals surface area contributed by atoms with Crippen LogP contribution >= 0.6 is 0 Å². The Balaban J connectivity index is 1.42. The molecule has 0 saturated carbocycles. The predicted molar refractivity (Wildman–Crippen MR) is 106 cm³/mol. The fourth-order valence-electron chi connectivity index (χ4n) is 4.06. The highest BCUT2D eigenvalue weighted by Gasteiger charge is 2.24. The molecule has 0 spiro atoms. The molecule has 27 heavy (non-hydrogen) atoms. The Morgan fingerprint density at radius 3 is 2.96 bits per heavy atom. The zero-order valence-corrected chi connectivity index (χ0v) is 15.2. The second kappa shape index (κ2) is 6.20. The van der Waals surface area contributed by atoms with Crippen molar-refractivity contribution < 1.29 is 9.53 Å². The topological polar surface area (TPSA) is 50.3 Å². The average Bonchev–Trinajstić information content (AvgIpc) is 3.28. The van der Waals surface area contributed by atoms with Crippen molar-refractivity contribution in [2.45, 2.75) is 19.5 Å². The zero-order valence-electron chi connectivity index (χ0n) is 15.2. The zero-order chi connectivity index (χ0) is 18.4. The third kappa shape index (κ3) is 2.67. The van der Waals surface area contributed by atoms with E-state index in [9.17, 15) is 4.79 Å². The highest BCUT2D eigenvalue weighted by Crippen LogP contribution is 2.30. The number of carbonyl (C=O) groups is 1. The highest BCUT2D eigenvalue weighted by atomic mass is 16.5. The molecule has 0 radical (unpaired) electrons. The monoisotopic (exact) mass is 359 g/mol. The molecular weight excluding hydrogens is 338 g/mol. The number of para-hydroxylation sites is 1. The molecule has 1 N–H and O–H groups in total. The van der Waals surface area contributed by atoms with Gasteiger partial charge in [-0.1, -0.05) is 18.2 Å². The first-order chi connectivity index (χ1) is 13.2. The summed E-state index contributed by atoms with van der Waals surface area (Å²) in [7, 11) is 1.68. The fraction of sp³-hybridized carbons (Fsp3) is 0.227. The van der Waals surface area contributed by atoms with Gasteiger partial charge in [0.05, 0.1) is 7.11 Å². The molecule has 1 aliphatic heterocycles. The molecule has 1 amide bonds. The van der Waals surface area contributed by atoms with Crippen LogP contribution in [0, 0.1) is 0 Å². The molecule has 0 atom stereocenters. The van der Waals surface area contributed by atoms with E-state index in [0.717, 1.165) is 40.5 Å². The standard InChI is InChI=1S/C22H21N3O2/c1-27-16-6-7-19-17(12-16)18-13-25(11-9-20(18)23-19)22(26)14-24-10-8-15-4-2-3-5-21(15)24/h2-8,10,12,23H,9,11,13-14H2,1H3. The van der Waals surface area contributed by atoms with Crippen LogP contribution in [0.2, 0.25) is 0 Å². The number of aromatic nitrogens is 2. The fourth-order valence-corrected chi connectivity index (χ4v) is 4.06. The summed E-state index contributed by atoms with van der Waals surface area (Å²) in [5.74, 6) is 0.991. The van der Waals surface area contributed by atoms with Crippen LogP contribution in [0.25, 0.3) is 21.8 Å². The normalized spacial score (nSPS) is 13.9. The van der Waals surface area contributed by atoms with Crippen LogP contribution in [0.1, 0.15) is 11.3 Å². The number of benzene rings is 2. The molecule has 5 nitrogen and oxygen atoms in total. The molecule has 0 fully saturated rings. The lowest BCUT2D eigenvalue weighted by Gasteiger charge is -2.27. The summed E-state index contributed by atoms with van der Waals surface area (Å²) >= 11 is 0.